The summed E-state index contributed by atoms with van der Waals surface area (Å²) in [5.41, 5.74) is 1.31. The van der Waals surface area contributed by atoms with Crippen LogP contribution in [0.2, 0.25) is 5.02 Å². The molecule has 0 heterocycles. The van der Waals surface area contributed by atoms with Crippen molar-refractivity contribution in [2.24, 2.45) is 0 Å². The second kappa shape index (κ2) is 9.89. The molecule has 0 aliphatic heterocycles. The molecule has 156 valence electrons. The molecule has 2 N–H and O–H groups in total. The number of halogens is 2. The van der Waals surface area contributed by atoms with E-state index in [0.717, 1.165) is 23.6 Å². The molecule has 0 aromatic heterocycles. The number of hydrogen-bond donors (Lipinski definition) is 2. The fourth-order valence-corrected chi connectivity index (χ4v) is 3.53. The van der Waals surface area contributed by atoms with Gasteiger partial charge in [0.2, 0.25) is 0 Å². The average Bonchev–Trinajstić information content (AvgIpc) is 2.64. The van der Waals surface area contributed by atoms with Gasteiger partial charge in [-0.25, -0.2) is 12.8 Å². The molecule has 0 radical (unpaired) electrons. The maximum Gasteiger partial charge on any atom is 0.254 e. The molecule has 1 amide bonds. The molecular formula is C21H24ClFN2O3S. The molecule has 0 fully saturated rings. The van der Waals surface area contributed by atoms with Crippen LogP contribution in [-0.4, -0.2) is 26.6 Å². The summed E-state index contributed by atoms with van der Waals surface area (Å²) in [5.74, 6) is -1.31. The highest BCUT2D eigenvalue weighted by Gasteiger charge is 2.16. The molecule has 2 rings (SSSR count). The first kappa shape index (κ1) is 22.9. The van der Waals surface area contributed by atoms with E-state index in [4.69, 9.17) is 11.6 Å². The molecule has 0 bridgehead atoms. The van der Waals surface area contributed by atoms with Crippen LogP contribution in [0.5, 0.6) is 0 Å². The fraction of sp³-hybridized carbons (Fsp3) is 0.286. The quantitative estimate of drug-likeness (QED) is 0.625. The molecule has 8 heteroatoms. The highest BCUT2D eigenvalue weighted by molar-refractivity contribution is 7.93. The van der Waals surface area contributed by atoms with E-state index >= 15 is 0 Å². The predicted molar refractivity (Wildman–Crippen MR) is 115 cm³/mol. The van der Waals surface area contributed by atoms with Crippen LogP contribution in [0.25, 0.3) is 0 Å². The van der Waals surface area contributed by atoms with Gasteiger partial charge in [0.05, 0.1) is 11.6 Å². The second-order valence-electron chi connectivity index (χ2n) is 6.74. The number of amides is 1. The van der Waals surface area contributed by atoms with E-state index in [9.17, 15) is 17.6 Å². The van der Waals surface area contributed by atoms with Crippen LogP contribution in [-0.2, 0) is 9.84 Å². The van der Waals surface area contributed by atoms with Crippen molar-refractivity contribution in [3.05, 3.63) is 75.9 Å². The highest BCUT2D eigenvalue weighted by Crippen LogP contribution is 2.29. The van der Waals surface area contributed by atoms with Gasteiger partial charge in [0.15, 0.2) is 9.84 Å². The Balaban J connectivity index is 2.12. The molecule has 2 aromatic carbocycles. The molecule has 0 aliphatic carbocycles. The zero-order valence-electron chi connectivity index (χ0n) is 16.4. The number of nitrogens with one attached hydrogen (secondary N) is 2. The fourth-order valence-electron chi connectivity index (χ4n) is 2.74. The third kappa shape index (κ3) is 6.87. The first-order valence-corrected chi connectivity index (χ1v) is 11.4. The van der Waals surface area contributed by atoms with Crippen LogP contribution in [0.1, 0.15) is 42.2 Å². The van der Waals surface area contributed by atoms with Gasteiger partial charge in [-0.05, 0) is 43.2 Å². The molecule has 0 unspecified atom stereocenters. The molecule has 29 heavy (non-hydrogen) atoms. The van der Waals surface area contributed by atoms with Crippen LogP contribution >= 0.6 is 11.6 Å². The highest BCUT2D eigenvalue weighted by atomic mass is 35.5. The molecule has 0 spiro atoms. The van der Waals surface area contributed by atoms with Gasteiger partial charge in [-0.3, -0.25) is 4.79 Å². The summed E-state index contributed by atoms with van der Waals surface area (Å²) in [4.78, 5) is 12.3. The van der Waals surface area contributed by atoms with Crippen LogP contribution in [0.4, 0.5) is 10.1 Å². The maximum atomic E-state index is 14.5. The third-order valence-corrected chi connectivity index (χ3v) is 5.21. The van der Waals surface area contributed by atoms with Crippen LogP contribution in [0.15, 0.2) is 53.9 Å². The normalized spacial score (nSPS) is 13.8. The van der Waals surface area contributed by atoms with Crippen LogP contribution in [0.3, 0.4) is 0 Å². The first-order chi connectivity index (χ1) is 13.6. The van der Waals surface area contributed by atoms with E-state index < -0.39 is 27.6 Å². The largest absolute Gasteiger partial charge is 0.378 e. The average molecular weight is 439 g/mol. The predicted octanol–water partition coefficient (Wildman–Crippen LogP) is 4.72. The van der Waals surface area contributed by atoms with Gasteiger partial charge in [-0.2, -0.15) is 0 Å². The Hall–Kier alpha value is -2.38. The summed E-state index contributed by atoms with van der Waals surface area (Å²) >= 11 is 6.25. The number of carbonyl (C=O) groups excluding carboxylic acids is 1. The van der Waals surface area contributed by atoms with Gasteiger partial charge < -0.3 is 10.6 Å². The molecule has 0 aliphatic rings. The van der Waals surface area contributed by atoms with Crippen molar-refractivity contribution in [1.29, 1.82) is 0 Å². The lowest BCUT2D eigenvalue weighted by molar-refractivity contribution is 0.0943. The smallest absolute Gasteiger partial charge is 0.254 e. The van der Waals surface area contributed by atoms with Gasteiger partial charge in [0.25, 0.3) is 5.91 Å². The summed E-state index contributed by atoms with van der Waals surface area (Å²) in [7, 11) is -3.30. The van der Waals surface area contributed by atoms with E-state index in [2.05, 4.69) is 10.6 Å². The van der Waals surface area contributed by atoms with Crippen molar-refractivity contribution in [1.82, 2.24) is 5.32 Å². The topological polar surface area (TPSA) is 75.3 Å². The number of carbonyl (C=O) groups is 1. The van der Waals surface area contributed by atoms with Crippen molar-refractivity contribution in [3.8, 4) is 0 Å². The van der Waals surface area contributed by atoms with Crippen molar-refractivity contribution >= 4 is 33.0 Å². The van der Waals surface area contributed by atoms with Crippen molar-refractivity contribution < 1.29 is 17.6 Å². The van der Waals surface area contributed by atoms with Crippen LogP contribution < -0.4 is 10.6 Å². The minimum atomic E-state index is -3.30. The Morgan fingerprint density at radius 2 is 1.93 bits per heavy atom. The number of benzene rings is 2. The third-order valence-electron chi connectivity index (χ3n) is 4.22. The SMILES string of the molecule is CC[C@@H](Nc1ccc(C(=O)N[C@H](C)/C=C/S(C)(=O)=O)c(F)c1)c1ccccc1Cl. The van der Waals surface area contributed by atoms with Gasteiger partial charge in [-0.15, -0.1) is 0 Å². The monoisotopic (exact) mass is 438 g/mol. The summed E-state index contributed by atoms with van der Waals surface area (Å²) in [6.07, 6.45) is 3.11. The Bertz CT molecular complexity index is 1010. The van der Waals surface area contributed by atoms with E-state index in [1.54, 1.807) is 19.1 Å². The number of sulfone groups is 1. The van der Waals surface area contributed by atoms with E-state index in [-0.39, 0.29) is 11.6 Å². The minimum Gasteiger partial charge on any atom is -0.378 e. The lowest BCUT2D eigenvalue weighted by Crippen LogP contribution is -2.31. The van der Waals surface area contributed by atoms with Gasteiger partial charge in [-0.1, -0.05) is 42.8 Å². The van der Waals surface area contributed by atoms with E-state index in [1.165, 1.54) is 18.2 Å². The van der Waals surface area contributed by atoms with Gasteiger partial charge in [0.1, 0.15) is 5.82 Å². The summed E-state index contributed by atoms with van der Waals surface area (Å²) in [5, 5.41) is 7.41. The van der Waals surface area contributed by atoms with Gasteiger partial charge in [0, 0.05) is 28.4 Å². The Morgan fingerprint density at radius 1 is 1.24 bits per heavy atom. The van der Waals surface area contributed by atoms with Crippen LogP contribution in [0, 0.1) is 5.82 Å². The molecular weight excluding hydrogens is 415 g/mol. The van der Waals surface area contributed by atoms with Crippen molar-refractivity contribution in [2.45, 2.75) is 32.4 Å². The molecule has 5 nitrogen and oxygen atoms in total. The maximum absolute atomic E-state index is 14.5. The van der Waals surface area contributed by atoms with Crippen molar-refractivity contribution in [2.75, 3.05) is 11.6 Å². The molecule has 2 atom stereocenters. The Morgan fingerprint density at radius 3 is 2.52 bits per heavy atom. The molecule has 0 saturated carbocycles. The zero-order chi connectivity index (χ0) is 21.6. The molecule has 0 saturated heterocycles. The minimum absolute atomic E-state index is 0.107. The Kier molecular flexibility index (Phi) is 7.81. The first-order valence-electron chi connectivity index (χ1n) is 9.10. The van der Waals surface area contributed by atoms with E-state index in [0.29, 0.717) is 10.7 Å². The summed E-state index contributed by atoms with van der Waals surface area (Å²) in [6, 6.07) is 11.0. The number of hydrogen-bond acceptors (Lipinski definition) is 4. The van der Waals surface area contributed by atoms with Crippen molar-refractivity contribution in [3.63, 3.8) is 0 Å². The Labute approximate surface area is 175 Å². The van der Waals surface area contributed by atoms with Gasteiger partial charge >= 0.3 is 0 Å². The molecule has 2 aromatic rings. The summed E-state index contributed by atoms with van der Waals surface area (Å²) in [6.45, 7) is 3.59. The lowest BCUT2D eigenvalue weighted by Gasteiger charge is -2.20. The van der Waals surface area contributed by atoms with E-state index in [1.807, 2.05) is 25.1 Å². The number of anilines is 1. The number of rotatable bonds is 8. The zero-order valence-corrected chi connectivity index (χ0v) is 18.0. The lowest BCUT2D eigenvalue weighted by atomic mass is 10.0. The second-order valence-corrected chi connectivity index (χ2v) is 9.08. The summed E-state index contributed by atoms with van der Waals surface area (Å²) < 4.78 is 36.8. The standard InChI is InChI=1S/C21H24ClFN2O3S/c1-4-20(16-7-5-6-8-18(16)22)25-15-9-10-17(19(23)13-15)21(26)24-14(2)11-12-29(3,27)28/h5-14,20,25H,4H2,1-3H3,(H,24,26)/b12-11+/t14-,20-/m1/s1.